The van der Waals surface area contributed by atoms with E-state index < -0.39 is 0 Å². The monoisotopic (exact) mass is 529 g/mol. The summed E-state index contributed by atoms with van der Waals surface area (Å²) in [6.07, 6.45) is 0. The van der Waals surface area contributed by atoms with Crippen LogP contribution in [-0.4, -0.2) is 22.5 Å². The van der Waals surface area contributed by atoms with Crippen molar-refractivity contribution in [2.24, 2.45) is 0 Å². The van der Waals surface area contributed by atoms with E-state index in [4.69, 9.17) is 37.4 Å². The van der Waals surface area contributed by atoms with Gasteiger partial charge < -0.3 is 19.5 Å². The maximum absolute atomic E-state index is 13.0. The van der Waals surface area contributed by atoms with Gasteiger partial charge in [-0.05, 0) is 49.6 Å². The van der Waals surface area contributed by atoms with Gasteiger partial charge in [0.05, 0.1) is 28.5 Å². The predicted octanol–water partition coefficient (Wildman–Crippen LogP) is 6.48. The zero-order valence-electron chi connectivity index (χ0n) is 18.9. The number of benzene rings is 2. The average molecular weight is 530 g/mol. The second-order valence-electron chi connectivity index (χ2n) is 7.98. The van der Waals surface area contributed by atoms with Crippen LogP contribution >= 0.6 is 34.5 Å². The number of nitrogens with zero attached hydrogens (tertiary/aromatic N) is 2. The molecule has 2 aromatic carbocycles. The molecule has 0 radical (unpaired) electrons. The van der Waals surface area contributed by atoms with E-state index in [0.717, 1.165) is 16.8 Å². The Labute approximate surface area is 216 Å². The molecule has 0 spiro atoms. The Bertz CT molecular complexity index is 1400. The lowest BCUT2D eigenvalue weighted by molar-refractivity contribution is 0.103. The molecular weight excluding hydrogens is 509 g/mol. The van der Waals surface area contributed by atoms with Crippen LogP contribution in [0.3, 0.4) is 0 Å². The Morgan fingerprint density at radius 3 is 2.71 bits per heavy atom. The van der Waals surface area contributed by atoms with Crippen molar-refractivity contribution in [1.29, 1.82) is 0 Å². The lowest BCUT2D eigenvalue weighted by Crippen LogP contribution is -2.12. The fraction of sp³-hybridized carbons (Fsp3) is 0.200. The first-order chi connectivity index (χ1) is 16.9. The summed E-state index contributed by atoms with van der Waals surface area (Å²) in [6, 6.07) is 12.6. The first-order valence-corrected chi connectivity index (χ1v) is 12.4. The number of fused-ring (bicyclic) bond motifs is 1. The number of rotatable bonds is 7. The summed E-state index contributed by atoms with van der Waals surface area (Å²) >= 11 is 14.0. The quantitative estimate of drug-likeness (QED) is 0.296. The second-order valence-corrected chi connectivity index (χ2v) is 9.71. The third-order valence-electron chi connectivity index (χ3n) is 5.62. The summed E-state index contributed by atoms with van der Waals surface area (Å²) in [7, 11) is 0. The van der Waals surface area contributed by atoms with Crippen LogP contribution in [0.15, 0.2) is 47.8 Å². The highest BCUT2D eigenvalue weighted by molar-refractivity contribution is 7.12. The molecule has 3 heterocycles. The number of thiophene rings is 1. The molecule has 2 aromatic heterocycles. The van der Waals surface area contributed by atoms with Crippen LogP contribution in [0, 0.1) is 13.8 Å². The first kappa shape index (κ1) is 23.5. The number of carbonyl (C=O) groups is 1. The highest BCUT2D eigenvalue weighted by Crippen LogP contribution is 2.35. The van der Waals surface area contributed by atoms with Crippen LogP contribution in [-0.2, 0) is 13.2 Å². The number of aryl methyl sites for hydroxylation is 1. The van der Waals surface area contributed by atoms with Crippen molar-refractivity contribution in [2.45, 2.75) is 27.0 Å². The Balaban J connectivity index is 1.25. The van der Waals surface area contributed by atoms with Gasteiger partial charge in [0, 0.05) is 27.2 Å². The maximum atomic E-state index is 13.0. The van der Waals surface area contributed by atoms with Gasteiger partial charge in [-0.3, -0.25) is 9.48 Å². The van der Waals surface area contributed by atoms with E-state index in [1.165, 1.54) is 11.3 Å². The van der Waals surface area contributed by atoms with Gasteiger partial charge in [-0.2, -0.15) is 5.10 Å². The fourth-order valence-corrected chi connectivity index (χ4v) is 5.05. The van der Waals surface area contributed by atoms with Gasteiger partial charge >= 0.3 is 0 Å². The predicted molar refractivity (Wildman–Crippen MR) is 136 cm³/mol. The number of anilines is 1. The van der Waals surface area contributed by atoms with Gasteiger partial charge in [-0.25, -0.2) is 0 Å². The Kier molecular flexibility index (Phi) is 6.60. The van der Waals surface area contributed by atoms with Crippen LogP contribution < -0.4 is 19.5 Å². The van der Waals surface area contributed by atoms with Crippen molar-refractivity contribution >= 4 is 46.1 Å². The number of hydrogen-bond acceptors (Lipinski definition) is 6. The van der Waals surface area contributed by atoms with E-state index in [0.29, 0.717) is 56.7 Å². The fourth-order valence-electron chi connectivity index (χ4n) is 3.74. The molecule has 0 unspecified atom stereocenters. The molecule has 1 amide bonds. The van der Waals surface area contributed by atoms with Crippen LogP contribution in [0.5, 0.6) is 17.2 Å². The van der Waals surface area contributed by atoms with Crippen LogP contribution in [0.2, 0.25) is 10.0 Å². The summed E-state index contributed by atoms with van der Waals surface area (Å²) in [5.74, 6) is 1.83. The van der Waals surface area contributed by atoms with Gasteiger partial charge in [0.15, 0.2) is 11.5 Å². The van der Waals surface area contributed by atoms with E-state index in [2.05, 4.69) is 10.4 Å². The molecule has 180 valence electrons. The van der Waals surface area contributed by atoms with Crippen molar-refractivity contribution in [3.05, 3.63) is 85.3 Å². The lowest BCUT2D eigenvalue weighted by Gasteiger charge is -2.09. The van der Waals surface area contributed by atoms with Gasteiger partial charge in [0.1, 0.15) is 12.4 Å². The lowest BCUT2D eigenvalue weighted by atomic mass is 10.2. The Hall–Kier alpha value is -3.20. The van der Waals surface area contributed by atoms with E-state index in [1.54, 1.807) is 28.9 Å². The molecule has 5 rings (SSSR count). The molecule has 7 nitrogen and oxygen atoms in total. The summed E-state index contributed by atoms with van der Waals surface area (Å²) < 4.78 is 18.3. The zero-order chi connectivity index (χ0) is 24.5. The molecule has 0 atom stereocenters. The summed E-state index contributed by atoms with van der Waals surface area (Å²) in [5.41, 5.74) is 3.88. The Morgan fingerprint density at radius 2 is 1.91 bits per heavy atom. The number of carbonyl (C=O) groups excluding carboxylic acids is 1. The number of nitrogens with one attached hydrogen (secondary N) is 1. The molecule has 0 fully saturated rings. The number of hydrogen-bond donors (Lipinski definition) is 1. The van der Waals surface area contributed by atoms with Crippen molar-refractivity contribution in [1.82, 2.24) is 9.78 Å². The maximum Gasteiger partial charge on any atom is 0.265 e. The third-order valence-corrected chi connectivity index (χ3v) is 7.30. The van der Waals surface area contributed by atoms with E-state index >= 15 is 0 Å². The van der Waals surface area contributed by atoms with Crippen molar-refractivity contribution in [2.75, 3.05) is 12.1 Å². The van der Waals surface area contributed by atoms with Crippen molar-refractivity contribution in [3.63, 3.8) is 0 Å². The molecule has 10 heteroatoms. The first-order valence-electron chi connectivity index (χ1n) is 10.8. The molecule has 0 aliphatic carbocycles. The summed E-state index contributed by atoms with van der Waals surface area (Å²) in [6.45, 7) is 4.71. The van der Waals surface area contributed by atoms with Gasteiger partial charge in [0.2, 0.25) is 6.79 Å². The Morgan fingerprint density at radius 1 is 1.14 bits per heavy atom. The van der Waals surface area contributed by atoms with Crippen LogP contribution in [0.1, 0.15) is 32.2 Å². The molecule has 1 N–H and O–H groups in total. The van der Waals surface area contributed by atoms with E-state index in [1.807, 2.05) is 37.4 Å². The molecular formula is C25H21Cl2N3O4S. The highest BCUT2D eigenvalue weighted by atomic mass is 35.5. The van der Waals surface area contributed by atoms with Crippen molar-refractivity contribution < 1.29 is 19.0 Å². The third kappa shape index (κ3) is 4.96. The summed E-state index contributed by atoms with van der Waals surface area (Å²) in [4.78, 5) is 13.5. The standard InChI is InChI=1S/C25H21Cl2N3O4S/c1-14-24(15(2)30(29-14)10-18-19(26)4-3-5-20(18)27)28-25(31)23-8-16(12-35-23)11-32-17-6-7-21-22(9-17)34-13-33-21/h3-9,12H,10-11,13H2,1-2H3,(H,28,31). The summed E-state index contributed by atoms with van der Waals surface area (Å²) in [5, 5.41) is 10.6. The van der Waals surface area contributed by atoms with Crippen LogP contribution in [0.25, 0.3) is 0 Å². The van der Waals surface area contributed by atoms with Crippen molar-refractivity contribution in [3.8, 4) is 17.2 Å². The molecule has 1 aliphatic rings. The highest BCUT2D eigenvalue weighted by Gasteiger charge is 2.19. The molecule has 0 saturated carbocycles. The average Bonchev–Trinajstić information content (AvgIpc) is 3.56. The van der Waals surface area contributed by atoms with Gasteiger partial charge in [-0.1, -0.05) is 29.3 Å². The molecule has 0 saturated heterocycles. The normalized spacial score (nSPS) is 12.1. The minimum atomic E-state index is -0.203. The number of amides is 1. The van der Waals surface area contributed by atoms with E-state index in [-0.39, 0.29) is 12.7 Å². The minimum Gasteiger partial charge on any atom is -0.489 e. The topological polar surface area (TPSA) is 74.6 Å². The molecule has 35 heavy (non-hydrogen) atoms. The van der Waals surface area contributed by atoms with Crippen LogP contribution in [0.4, 0.5) is 5.69 Å². The number of aromatic nitrogens is 2. The second kappa shape index (κ2) is 9.81. The number of ether oxygens (including phenoxy) is 3. The number of halogens is 2. The molecule has 1 aliphatic heterocycles. The minimum absolute atomic E-state index is 0.203. The smallest absolute Gasteiger partial charge is 0.265 e. The molecule has 0 bridgehead atoms. The zero-order valence-corrected chi connectivity index (χ0v) is 21.3. The van der Waals surface area contributed by atoms with Gasteiger partial charge in [-0.15, -0.1) is 11.3 Å². The SMILES string of the molecule is Cc1nn(Cc2c(Cl)cccc2Cl)c(C)c1NC(=O)c1cc(COc2ccc3c(c2)OCO3)cs1. The van der Waals surface area contributed by atoms with E-state index in [9.17, 15) is 4.79 Å². The largest absolute Gasteiger partial charge is 0.489 e. The molecule has 4 aromatic rings. The van der Waals surface area contributed by atoms with Gasteiger partial charge in [0.25, 0.3) is 5.91 Å².